The number of hydrogen-bond donors (Lipinski definition) is 3. The van der Waals surface area contributed by atoms with Crippen molar-refractivity contribution in [1.29, 1.82) is 0 Å². The van der Waals surface area contributed by atoms with Gasteiger partial charge in [0.05, 0.1) is 12.1 Å². The zero-order chi connectivity index (χ0) is 22.5. The third kappa shape index (κ3) is 6.24. The molecule has 1 aliphatic rings. The van der Waals surface area contributed by atoms with Crippen molar-refractivity contribution in [3.8, 4) is 0 Å². The second-order valence-corrected chi connectivity index (χ2v) is 8.81. The number of benzene rings is 2. The number of anilines is 1. The van der Waals surface area contributed by atoms with E-state index in [1.54, 1.807) is 0 Å². The fourth-order valence-corrected chi connectivity index (χ4v) is 4.71. The summed E-state index contributed by atoms with van der Waals surface area (Å²) in [6, 6.07) is 6.77. The molecule has 0 bridgehead atoms. The number of nitrogens with zero attached hydrogens (tertiary/aromatic N) is 1. The molecule has 0 radical (unpaired) electrons. The van der Waals surface area contributed by atoms with Gasteiger partial charge < -0.3 is 20.6 Å². The van der Waals surface area contributed by atoms with E-state index < -0.39 is 23.8 Å². The maximum Gasteiger partial charge on any atom is 0.217 e. The first-order valence-electron chi connectivity index (χ1n) is 10.4. The van der Waals surface area contributed by atoms with E-state index >= 15 is 0 Å². The Hall–Kier alpha value is -2.03. The minimum atomic E-state index is -0.933. The van der Waals surface area contributed by atoms with Crippen LogP contribution in [0.4, 0.5) is 14.5 Å². The molecule has 168 valence electrons. The Bertz CT molecular complexity index is 921. The summed E-state index contributed by atoms with van der Waals surface area (Å²) in [5, 5.41) is 16.7. The summed E-state index contributed by atoms with van der Waals surface area (Å²) in [7, 11) is 0. The van der Waals surface area contributed by atoms with E-state index in [9.17, 15) is 18.7 Å². The van der Waals surface area contributed by atoms with Crippen molar-refractivity contribution >= 4 is 27.5 Å². The maximum atomic E-state index is 13.5. The van der Waals surface area contributed by atoms with Crippen LogP contribution in [0.2, 0.25) is 0 Å². The van der Waals surface area contributed by atoms with Crippen LogP contribution in [0, 0.1) is 11.6 Å². The van der Waals surface area contributed by atoms with Crippen LogP contribution in [0.3, 0.4) is 0 Å². The Morgan fingerprint density at radius 2 is 1.94 bits per heavy atom. The van der Waals surface area contributed by atoms with Gasteiger partial charge in [0.15, 0.2) is 0 Å². The predicted molar refractivity (Wildman–Crippen MR) is 121 cm³/mol. The predicted octanol–water partition coefficient (Wildman–Crippen LogP) is 3.31. The number of halogens is 3. The van der Waals surface area contributed by atoms with Crippen molar-refractivity contribution in [3.05, 3.63) is 63.1 Å². The van der Waals surface area contributed by atoms with Crippen LogP contribution in [0.25, 0.3) is 0 Å². The van der Waals surface area contributed by atoms with Gasteiger partial charge in [0, 0.05) is 49.3 Å². The molecule has 2 aromatic carbocycles. The first kappa shape index (κ1) is 23.6. The summed E-state index contributed by atoms with van der Waals surface area (Å²) in [5.41, 5.74) is 4.05. The molecule has 2 aromatic rings. The number of aliphatic hydroxyl groups excluding tert-OH is 1. The van der Waals surface area contributed by atoms with E-state index in [2.05, 4.69) is 50.5 Å². The number of rotatable bonds is 9. The normalized spacial score (nSPS) is 15.0. The highest BCUT2D eigenvalue weighted by molar-refractivity contribution is 9.10. The van der Waals surface area contributed by atoms with E-state index in [0.717, 1.165) is 35.6 Å². The lowest BCUT2D eigenvalue weighted by Crippen LogP contribution is -2.48. The molecule has 0 unspecified atom stereocenters. The minimum Gasteiger partial charge on any atom is -0.390 e. The second kappa shape index (κ2) is 10.5. The molecule has 3 rings (SSSR count). The molecule has 0 spiro atoms. The molecular formula is C23H28BrF2N3O2. The third-order valence-corrected chi connectivity index (χ3v) is 5.94. The Kier molecular flexibility index (Phi) is 8.02. The van der Waals surface area contributed by atoms with Crippen LogP contribution in [0.15, 0.2) is 34.8 Å². The summed E-state index contributed by atoms with van der Waals surface area (Å²) >= 11 is 3.57. The summed E-state index contributed by atoms with van der Waals surface area (Å²) in [6.45, 7) is 6.17. The molecule has 1 amide bonds. The molecule has 0 fully saturated rings. The Morgan fingerprint density at radius 3 is 2.58 bits per heavy atom. The maximum absolute atomic E-state index is 13.5. The largest absolute Gasteiger partial charge is 0.390 e. The van der Waals surface area contributed by atoms with Crippen LogP contribution in [-0.2, 0) is 24.2 Å². The molecule has 0 saturated carbocycles. The van der Waals surface area contributed by atoms with Gasteiger partial charge >= 0.3 is 0 Å². The minimum absolute atomic E-state index is 0.118. The van der Waals surface area contributed by atoms with Gasteiger partial charge in [-0.3, -0.25) is 4.79 Å². The van der Waals surface area contributed by atoms with Gasteiger partial charge in [0.1, 0.15) is 11.6 Å². The first-order chi connectivity index (χ1) is 14.8. The molecule has 0 saturated heterocycles. The van der Waals surface area contributed by atoms with Gasteiger partial charge in [0.2, 0.25) is 5.91 Å². The number of carbonyl (C=O) groups is 1. The van der Waals surface area contributed by atoms with Crippen LogP contribution in [0.5, 0.6) is 0 Å². The molecule has 8 heteroatoms. The Balaban J connectivity index is 1.66. The molecule has 31 heavy (non-hydrogen) atoms. The summed E-state index contributed by atoms with van der Waals surface area (Å²) in [5.74, 6) is -1.69. The molecule has 5 nitrogen and oxygen atoms in total. The van der Waals surface area contributed by atoms with Crippen LogP contribution in [0.1, 0.15) is 30.5 Å². The van der Waals surface area contributed by atoms with E-state index in [0.29, 0.717) is 12.1 Å². The van der Waals surface area contributed by atoms with E-state index in [1.807, 2.05) is 0 Å². The van der Waals surface area contributed by atoms with Gasteiger partial charge in [0.25, 0.3) is 0 Å². The number of carbonyl (C=O) groups excluding carboxylic acids is 1. The van der Waals surface area contributed by atoms with Crippen molar-refractivity contribution in [3.63, 3.8) is 0 Å². The summed E-state index contributed by atoms with van der Waals surface area (Å²) < 4.78 is 28.1. The lowest BCUT2D eigenvalue weighted by Gasteiger charge is -2.25. The number of amides is 1. The monoisotopic (exact) mass is 495 g/mol. The Labute approximate surface area is 190 Å². The van der Waals surface area contributed by atoms with Gasteiger partial charge in [-0.2, -0.15) is 0 Å². The van der Waals surface area contributed by atoms with Crippen LogP contribution >= 0.6 is 15.9 Å². The van der Waals surface area contributed by atoms with Crippen molar-refractivity contribution in [2.24, 2.45) is 0 Å². The highest BCUT2D eigenvalue weighted by atomic mass is 79.9. The van der Waals surface area contributed by atoms with Crippen molar-refractivity contribution < 1.29 is 18.7 Å². The van der Waals surface area contributed by atoms with Crippen molar-refractivity contribution in [2.45, 2.75) is 45.4 Å². The van der Waals surface area contributed by atoms with Gasteiger partial charge in [-0.15, -0.1) is 0 Å². The molecule has 0 aromatic heterocycles. The molecular weight excluding hydrogens is 468 g/mol. The lowest BCUT2D eigenvalue weighted by atomic mass is 10.0. The number of fused-ring (bicyclic) bond motifs is 1. The zero-order valence-corrected chi connectivity index (χ0v) is 19.3. The number of aliphatic hydroxyl groups is 1. The SMILES string of the molecule is CCN1CCc2cc(Br)cc(CNC[C@@H](O)[C@H](Cc3cc(F)cc(F)c3)NC(C)=O)c21. The first-order valence-corrected chi connectivity index (χ1v) is 11.2. The van der Waals surface area contributed by atoms with E-state index in [-0.39, 0.29) is 18.9 Å². The average Bonchev–Trinajstić information content (AvgIpc) is 3.09. The van der Waals surface area contributed by atoms with Crippen LogP contribution in [-0.4, -0.2) is 42.8 Å². The van der Waals surface area contributed by atoms with Gasteiger partial charge in [-0.1, -0.05) is 15.9 Å². The smallest absolute Gasteiger partial charge is 0.217 e. The number of hydrogen-bond acceptors (Lipinski definition) is 4. The fourth-order valence-electron chi connectivity index (χ4n) is 4.16. The fraction of sp³-hybridized carbons (Fsp3) is 0.435. The van der Waals surface area contributed by atoms with E-state index in [1.165, 1.54) is 30.3 Å². The molecule has 0 aliphatic carbocycles. The molecule has 3 N–H and O–H groups in total. The van der Waals surface area contributed by atoms with Crippen LogP contribution < -0.4 is 15.5 Å². The highest BCUT2D eigenvalue weighted by Crippen LogP contribution is 2.34. The zero-order valence-electron chi connectivity index (χ0n) is 17.7. The van der Waals surface area contributed by atoms with E-state index in [4.69, 9.17) is 0 Å². The molecule has 1 aliphatic heterocycles. The summed E-state index contributed by atoms with van der Waals surface area (Å²) in [4.78, 5) is 14.0. The average molecular weight is 496 g/mol. The lowest BCUT2D eigenvalue weighted by molar-refractivity contribution is -0.120. The Morgan fingerprint density at radius 1 is 1.23 bits per heavy atom. The standard InChI is InChI=1S/C23H28BrF2N3O2/c1-3-29-5-4-16-9-18(24)10-17(23(16)29)12-27-13-22(31)21(28-14(2)30)8-15-6-19(25)11-20(26)7-15/h6-7,9-11,21-22,27,31H,3-5,8,12-13H2,1-2H3,(H,28,30)/t21-,22+/m0/s1. The van der Waals surface area contributed by atoms with Gasteiger partial charge in [-0.05, 0) is 60.7 Å². The third-order valence-electron chi connectivity index (χ3n) is 5.48. The molecule has 2 atom stereocenters. The summed E-state index contributed by atoms with van der Waals surface area (Å²) in [6.07, 6.45) is 0.192. The molecule has 1 heterocycles. The second-order valence-electron chi connectivity index (χ2n) is 7.89. The highest BCUT2D eigenvalue weighted by Gasteiger charge is 2.24. The topological polar surface area (TPSA) is 64.6 Å². The quantitative estimate of drug-likeness (QED) is 0.499. The van der Waals surface area contributed by atoms with Gasteiger partial charge in [-0.25, -0.2) is 8.78 Å². The van der Waals surface area contributed by atoms with Crippen molar-refractivity contribution in [2.75, 3.05) is 24.5 Å². The number of likely N-dealkylation sites (N-methyl/N-ethyl adjacent to an activating group) is 1. The number of nitrogens with one attached hydrogen (secondary N) is 2. The van der Waals surface area contributed by atoms with Crippen molar-refractivity contribution in [1.82, 2.24) is 10.6 Å².